The molecular formula is C14H15FN2O2. The highest BCUT2D eigenvalue weighted by Crippen LogP contribution is 2.21. The maximum atomic E-state index is 12.8. The monoisotopic (exact) mass is 262 g/mol. The zero-order valence-electron chi connectivity index (χ0n) is 10.5. The van der Waals surface area contributed by atoms with Crippen LogP contribution < -0.4 is 0 Å². The van der Waals surface area contributed by atoms with E-state index in [1.165, 1.54) is 12.1 Å². The summed E-state index contributed by atoms with van der Waals surface area (Å²) in [6.45, 7) is 0.750. The average Bonchev–Trinajstić information content (AvgIpc) is 2.92. The van der Waals surface area contributed by atoms with Crippen LogP contribution in [0.5, 0.6) is 0 Å². The fraction of sp³-hybridized carbons (Fsp3) is 0.500. The molecule has 2 atom stereocenters. The minimum absolute atomic E-state index is 0.129. The van der Waals surface area contributed by atoms with Gasteiger partial charge in [-0.15, -0.1) is 0 Å². The minimum atomic E-state index is -0.915. The predicted octanol–water partition coefficient (Wildman–Crippen LogP) is 2.36. The van der Waals surface area contributed by atoms with Gasteiger partial charge >= 0.3 is 0 Å². The number of hydrogen-bond acceptors (Lipinski definition) is 4. The van der Waals surface area contributed by atoms with Crippen molar-refractivity contribution in [1.82, 2.24) is 4.98 Å². The Labute approximate surface area is 111 Å². The van der Waals surface area contributed by atoms with E-state index < -0.39 is 11.7 Å². The summed E-state index contributed by atoms with van der Waals surface area (Å²) in [7, 11) is 0. The molecule has 4 nitrogen and oxygen atoms in total. The Balaban J connectivity index is 1.95. The van der Waals surface area contributed by atoms with Gasteiger partial charge in [-0.3, -0.25) is 9.78 Å². The van der Waals surface area contributed by atoms with E-state index in [2.05, 4.69) is 4.98 Å². The molecule has 1 aliphatic rings. The Morgan fingerprint density at radius 2 is 2.47 bits per heavy atom. The van der Waals surface area contributed by atoms with E-state index in [1.54, 1.807) is 0 Å². The first-order valence-corrected chi connectivity index (χ1v) is 6.36. The lowest BCUT2D eigenvalue weighted by Gasteiger charge is -2.10. The van der Waals surface area contributed by atoms with Gasteiger partial charge in [-0.05, 0) is 31.4 Å². The molecule has 0 aromatic carbocycles. The maximum absolute atomic E-state index is 12.8. The van der Waals surface area contributed by atoms with Gasteiger partial charge in [-0.1, -0.05) is 0 Å². The number of Topliss-reactive ketones (excluding diaryl/α,β-unsaturated/α-hetero) is 1. The Kier molecular flexibility index (Phi) is 4.58. The Morgan fingerprint density at radius 1 is 1.63 bits per heavy atom. The highest BCUT2D eigenvalue weighted by molar-refractivity contribution is 5.87. The van der Waals surface area contributed by atoms with E-state index in [4.69, 9.17) is 10.00 Å². The van der Waals surface area contributed by atoms with Gasteiger partial charge in [0.15, 0.2) is 5.78 Å². The SMILES string of the molecule is N#C[C@@H](C(=O)CC[C@@H]1CCCO1)c1ccc(F)cn1. The third-order valence-corrected chi connectivity index (χ3v) is 3.23. The van der Waals surface area contributed by atoms with Crippen LogP contribution in [0.2, 0.25) is 0 Å². The number of ketones is 1. The number of halogens is 1. The van der Waals surface area contributed by atoms with Crippen molar-refractivity contribution >= 4 is 5.78 Å². The smallest absolute Gasteiger partial charge is 0.156 e. The summed E-state index contributed by atoms with van der Waals surface area (Å²) in [5, 5.41) is 9.08. The van der Waals surface area contributed by atoms with Gasteiger partial charge in [0.1, 0.15) is 11.7 Å². The normalized spacial score (nSPS) is 19.9. The van der Waals surface area contributed by atoms with E-state index in [-0.39, 0.29) is 11.9 Å². The van der Waals surface area contributed by atoms with Crippen LogP contribution in [0.3, 0.4) is 0 Å². The molecular weight excluding hydrogens is 247 g/mol. The molecule has 2 heterocycles. The van der Waals surface area contributed by atoms with E-state index >= 15 is 0 Å². The summed E-state index contributed by atoms with van der Waals surface area (Å²) in [5.74, 6) is -1.58. The summed E-state index contributed by atoms with van der Waals surface area (Å²) in [4.78, 5) is 15.8. The van der Waals surface area contributed by atoms with Crippen LogP contribution in [-0.4, -0.2) is 23.5 Å². The van der Waals surface area contributed by atoms with Gasteiger partial charge in [0, 0.05) is 13.0 Å². The molecule has 0 saturated carbocycles. The third-order valence-electron chi connectivity index (χ3n) is 3.23. The molecule has 0 amide bonds. The highest BCUT2D eigenvalue weighted by atomic mass is 19.1. The first kappa shape index (κ1) is 13.6. The average molecular weight is 262 g/mol. The van der Waals surface area contributed by atoms with Crippen molar-refractivity contribution in [2.24, 2.45) is 0 Å². The van der Waals surface area contributed by atoms with Crippen LogP contribution in [0.1, 0.15) is 37.3 Å². The third kappa shape index (κ3) is 3.58. The van der Waals surface area contributed by atoms with E-state index in [0.29, 0.717) is 18.5 Å². The number of carbonyl (C=O) groups excluding carboxylic acids is 1. The maximum Gasteiger partial charge on any atom is 0.156 e. The van der Waals surface area contributed by atoms with Crippen molar-refractivity contribution in [3.8, 4) is 6.07 Å². The van der Waals surface area contributed by atoms with Crippen LogP contribution in [0.25, 0.3) is 0 Å². The Bertz CT molecular complexity index is 475. The van der Waals surface area contributed by atoms with Crippen molar-refractivity contribution in [3.05, 3.63) is 29.8 Å². The Hall–Kier alpha value is -1.80. The first-order chi connectivity index (χ1) is 9.20. The van der Waals surface area contributed by atoms with Crippen LogP contribution in [-0.2, 0) is 9.53 Å². The summed E-state index contributed by atoms with van der Waals surface area (Å²) < 4.78 is 18.2. The van der Waals surface area contributed by atoms with Gasteiger partial charge < -0.3 is 4.74 Å². The molecule has 0 aliphatic carbocycles. The zero-order chi connectivity index (χ0) is 13.7. The quantitative estimate of drug-likeness (QED) is 0.817. The lowest BCUT2D eigenvalue weighted by atomic mass is 9.96. The minimum Gasteiger partial charge on any atom is -0.378 e. The molecule has 2 rings (SSSR count). The predicted molar refractivity (Wildman–Crippen MR) is 65.8 cm³/mol. The molecule has 5 heteroatoms. The molecule has 1 aromatic heterocycles. The van der Waals surface area contributed by atoms with Gasteiger partial charge in [-0.2, -0.15) is 5.26 Å². The number of nitrogens with zero attached hydrogens (tertiary/aromatic N) is 2. The summed E-state index contributed by atoms with van der Waals surface area (Å²) in [6.07, 6.45) is 4.08. The van der Waals surface area contributed by atoms with Crippen molar-refractivity contribution in [3.63, 3.8) is 0 Å². The summed E-state index contributed by atoms with van der Waals surface area (Å²) in [6, 6.07) is 4.53. The fourth-order valence-electron chi connectivity index (χ4n) is 2.18. The molecule has 1 fully saturated rings. The first-order valence-electron chi connectivity index (χ1n) is 6.36. The van der Waals surface area contributed by atoms with Crippen molar-refractivity contribution in [2.75, 3.05) is 6.61 Å². The molecule has 1 aliphatic heterocycles. The van der Waals surface area contributed by atoms with Crippen LogP contribution >= 0.6 is 0 Å². The van der Waals surface area contributed by atoms with Gasteiger partial charge in [0.2, 0.25) is 0 Å². The molecule has 0 spiro atoms. The largest absolute Gasteiger partial charge is 0.378 e. The number of ether oxygens (including phenoxy) is 1. The van der Waals surface area contributed by atoms with Gasteiger partial charge in [0.25, 0.3) is 0 Å². The van der Waals surface area contributed by atoms with Gasteiger partial charge in [0.05, 0.1) is 24.1 Å². The zero-order valence-corrected chi connectivity index (χ0v) is 10.5. The number of pyridine rings is 1. The molecule has 0 N–H and O–H groups in total. The molecule has 0 radical (unpaired) electrons. The summed E-state index contributed by atoms with van der Waals surface area (Å²) >= 11 is 0. The van der Waals surface area contributed by atoms with E-state index in [0.717, 1.165) is 25.6 Å². The molecule has 1 aromatic rings. The Morgan fingerprint density at radius 3 is 3.05 bits per heavy atom. The molecule has 1 saturated heterocycles. The number of aromatic nitrogens is 1. The topological polar surface area (TPSA) is 63.0 Å². The molecule has 0 unspecified atom stereocenters. The van der Waals surface area contributed by atoms with E-state index in [1.807, 2.05) is 6.07 Å². The number of hydrogen-bond donors (Lipinski definition) is 0. The second-order valence-corrected chi connectivity index (χ2v) is 4.60. The number of carbonyl (C=O) groups is 1. The molecule has 100 valence electrons. The van der Waals surface area contributed by atoms with Crippen molar-refractivity contribution < 1.29 is 13.9 Å². The molecule has 0 bridgehead atoms. The fourth-order valence-corrected chi connectivity index (χ4v) is 2.18. The van der Waals surface area contributed by atoms with E-state index in [9.17, 15) is 9.18 Å². The summed E-state index contributed by atoms with van der Waals surface area (Å²) in [5.41, 5.74) is 0.307. The van der Waals surface area contributed by atoms with Crippen LogP contribution in [0.4, 0.5) is 4.39 Å². The lowest BCUT2D eigenvalue weighted by molar-refractivity contribution is -0.120. The van der Waals surface area contributed by atoms with Crippen molar-refractivity contribution in [2.45, 2.75) is 37.7 Å². The van der Waals surface area contributed by atoms with Crippen LogP contribution in [0, 0.1) is 17.1 Å². The number of rotatable bonds is 5. The van der Waals surface area contributed by atoms with Crippen LogP contribution in [0.15, 0.2) is 18.3 Å². The second-order valence-electron chi connectivity index (χ2n) is 4.60. The van der Waals surface area contributed by atoms with Crippen molar-refractivity contribution in [1.29, 1.82) is 5.26 Å². The standard InChI is InChI=1S/C14H15FN2O2/c15-10-3-5-13(17-9-10)12(8-16)14(18)6-4-11-2-1-7-19-11/h3,5,9,11-12H,1-2,4,6-7H2/t11-,12+/m0/s1. The highest BCUT2D eigenvalue weighted by Gasteiger charge is 2.23. The lowest BCUT2D eigenvalue weighted by Crippen LogP contribution is -2.15. The molecule has 19 heavy (non-hydrogen) atoms. The number of nitriles is 1. The second kappa shape index (κ2) is 6.39. The van der Waals surface area contributed by atoms with Gasteiger partial charge in [-0.25, -0.2) is 4.39 Å².